The van der Waals surface area contributed by atoms with Crippen LogP contribution in [0.4, 0.5) is 13.2 Å². The maximum absolute atomic E-state index is 12.2. The molecule has 1 fully saturated rings. The van der Waals surface area contributed by atoms with Crippen LogP contribution in [0.1, 0.15) is 19.3 Å². The molecule has 0 aromatic rings. The fraction of sp³-hybridized carbons (Fsp3) is 1.00. The first-order valence-electron chi connectivity index (χ1n) is 3.14. The monoisotopic (exact) mass is 138 g/mol. The SMILES string of the molecule is FC1CCCC(F)C1F. The zero-order valence-corrected chi connectivity index (χ0v) is 4.99. The van der Waals surface area contributed by atoms with Crippen LogP contribution in [0, 0.1) is 0 Å². The van der Waals surface area contributed by atoms with Gasteiger partial charge in [-0.3, -0.25) is 0 Å². The number of alkyl halides is 3. The molecule has 1 aliphatic carbocycles. The minimum absolute atomic E-state index is 0.182. The van der Waals surface area contributed by atoms with E-state index in [-0.39, 0.29) is 12.8 Å². The minimum atomic E-state index is -1.86. The number of hydrogen-bond donors (Lipinski definition) is 0. The van der Waals surface area contributed by atoms with Gasteiger partial charge < -0.3 is 0 Å². The Bertz CT molecular complexity index is 84.3. The highest BCUT2D eigenvalue weighted by Gasteiger charge is 2.33. The standard InChI is InChI=1S/C6H9F3/c7-4-2-1-3-5(8)6(4)9/h4-6H,1-3H2. The first kappa shape index (κ1) is 6.90. The van der Waals surface area contributed by atoms with Crippen molar-refractivity contribution < 1.29 is 13.2 Å². The predicted octanol–water partition coefficient (Wildman–Crippen LogP) is 2.18. The molecule has 0 heterocycles. The van der Waals surface area contributed by atoms with Crippen LogP contribution >= 0.6 is 0 Å². The van der Waals surface area contributed by atoms with Gasteiger partial charge in [-0.05, 0) is 19.3 Å². The van der Waals surface area contributed by atoms with Gasteiger partial charge in [0.25, 0.3) is 0 Å². The quantitative estimate of drug-likeness (QED) is 0.481. The van der Waals surface area contributed by atoms with Gasteiger partial charge in [0.2, 0.25) is 0 Å². The average Bonchev–Trinajstić information content (AvgIpc) is 1.83. The summed E-state index contributed by atoms with van der Waals surface area (Å²) < 4.78 is 36.6. The van der Waals surface area contributed by atoms with Gasteiger partial charge in [0, 0.05) is 0 Å². The molecule has 0 nitrogen and oxygen atoms in total. The molecule has 1 saturated carbocycles. The maximum Gasteiger partial charge on any atom is 0.162 e. The molecule has 54 valence electrons. The molecule has 2 unspecified atom stereocenters. The van der Waals surface area contributed by atoms with Crippen molar-refractivity contribution in [2.24, 2.45) is 0 Å². The molecule has 3 heteroatoms. The third kappa shape index (κ3) is 1.37. The maximum atomic E-state index is 12.2. The van der Waals surface area contributed by atoms with Crippen molar-refractivity contribution in [3.05, 3.63) is 0 Å². The molecular formula is C6H9F3. The van der Waals surface area contributed by atoms with Crippen molar-refractivity contribution >= 4 is 0 Å². The summed E-state index contributed by atoms with van der Waals surface area (Å²) in [5.74, 6) is 0. The normalized spacial score (nSPS) is 45.0. The minimum Gasteiger partial charge on any atom is -0.244 e. The highest BCUT2D eigenvalue weighted by molar-refractivity contribution is 4.81. The summed E-state index contributed by atoms with van der Waals surface area (Å²) >= 11 is 0. The molecule has 1 rings (SSSR count). The van der Waals surface area contributed by atoms with Crippen molar-refractivity contribution in [1.82, 2.24) is 0 Å². The van der Waals surface area contributed by atoms with E-state index in [1.54, 1.807) is 0 Å². The second-order valence-electron chi connectivity index (χ2n) is 2.41. The highest BCUT2D eigenvalue weighted by Crippen LogP contribution is 2.26. The van der Waals surface area contributed by atoms with Crippen LogP contribution in [0.2, 0.25) is 0 Å². The number of halogens is 3. The van der Waals surface area contributed by atoms with Gasteiger partial charge in [0.15, 0.2) is 6.17 Å². The van der Waals surface area contributed by atoms with Gasteiger partial charge in [-0.25, -0.2) is 13.2 Å². The van der Waals surface area contributed by atoms with Crippen LogP contribution in [0.5, 0.6) is 0 Å². The summed E-state index contributed by atoms with van der Waals surface area (Å²) in [4.78, 5) is 0. The Morgan fingerprint density at radius 2 is 1.33 bits per heavy atom. The van der Waals surface area contributed by atoms with E-state index in [4.69, 9.17) is 0 Å². The van der Waals surface area contributed by atoms with E-state index in [1.165, 1.54) is 0 Å². The molecule has 2 atom stereocenters. The summed E-state index contributed by atoms with van der Waals surface area (Å²) in [5, 5.41) is 0. The van der Waals surface area contributed by atoms with Crippen LogP contribution in [-0.2, 0) is 0 Å². The Morgan fingerprint density at radius 1 is 0.889 bits per heavy atom. The lowest BCUT2D eigenvalue weighted by atomic mass is 9.95. The van der Waals surface area contributed by atoms with E-state index in [2.05, 4.69) is 0 Å². The van der Waals surface area contributed by atoms with E-state index in [9.17, 15) is 13.2 Å². The largest absolute Gasteiger partial charge is 0.244 e. The van der Waals surface area contributed by atoms with Crippen molar-refractivity contribution in [3.63, 3.8) is 0 Å². The van der Waals surface area contributed by atoms with Crippen LogP contribution < -0.4 is 0 Å². The van der Waals surface area contributed by atoms with Gasteiger partial charge in [0.05, 0.1) is 0 Å². The van der Waals surface area contributed by atoms with Crippen LogP contribution in [0.15, 0.2) is 0 Å². The Labute approximate surface area is 52.1 Å². The molecule has 1 aliphatic rings. The molecular weight excluding hydrogens is 129 g/mol. The van der Waals surface area contributed by atoms with Gasteiger partial charge in [-0.2, -0.15) is 0 Å². The molecule has 0 radical (unpaired) electrons. The number of rotatable bonds is 0. The first-order valence-corrected chi connectivity index (χ1v) is 3.14. The van der Waals surface area contributed by atoms with Gasteiger partial charge in [-0.1, -0.05) is 0 Å². The lowest BCUT2D eigenvalue weighted by molar-refractivity contribution is 0.0436. The second kappa shape index (κ2) is 2.58. The third-order valence-corrected chi connectivity index (χ3v) is 1.65. The average molecular weight is 138 g/mol. The Balaban J connectivity index is 2.41. The van der Waals surface area contributed by atoms with Crippen molar-refractivity contribution in [3.8, 4) is 0 Å². The molecule has 0 aromatic heterocycles. The fourth-order valence-electron chi connectivity index (χ4n) is 1.05. The van der Waals surface area contributed by atoms with E-state index in [0.29, 0.717) is 6.42 Å². The Hall–Kier alpha value is -0.210. The van der Waals surface area contributed by atoms with Gasteiger partial charge in [-0.15, -0.1) is 0 Å². The van der Waals surface area contributed by atoms with E-state index in [1.807, 2.05) is 0 Å². The smallest absolute Gasteiger partial charge is 0.162 e. The van der Waals surface area contributed by atoms with Crippen LogP contribution in [0.25, 0.3) is 0 Å². The molecule has 9 heavy (non-hydrogen) atoms. The zero-order chi connectivity index (χ0) is 6.85. The predicted molar refractivity (Wildman–Crippen MR) is 28.5 cm³/mol. The summed E-state index contributed by atoms with van der Waals surface area (Å²) in [5.41, 5.74) is 0. The van der Waals surface area contributed by atoms with Gasteiger partial charge in [0.1, 0.15) is 12.3 Å². The Morgan fingerprint density at radius 3 is 1.67 bits per heavy atom. The zero-order valence-electron chi connectivity index (χ0n) is 4.99. The molecule has 0 saturated heterocycles. The molecule has 0 aliphatic heterocycles. The van der Waals surface area contributed by atoms with Crippen LogP contribution in [0.3, 0.4) is 0 Å². The number of hydrogen-bond acceptors (Lipinski definition) is 0. The highest BCUT2D eigenvalue weighted by atomic mass is 19.2. The summed E-state index contributed by atoms with van der Waals surface area (Å²) in [6.45, 7) is 0. The van der Waals surface area contributed by atoms with E-state index >= 15 is 0 Å². The van der Waals surface area contributed by atoms with Gasteiger partial charge >= 0.3 is 0 Å². The lowest BCUT2D eigenvalue weighted by Gasteiger charge is -2.22. The fourth-order valence-corrected chi connectivity index (χ4v) is 1.05. The molecule has 0 N–H and O–H groups in total. The molecule has 0 bridgehead atoms. The summed E-state index contributed by atoms with van der Waals surface area (Å²) in [6, 6.07) is 0. The summed E-state index contributed by atoms with van der Waals surface area (Å²) in [6.07, 6.45) is -4.15. The third-order valence-electron chi connectivity index (χ3n) is 1.65. The molecule has 0 amide bonds. The molecule has 0 spiro atoms. The second-order valence-corrected chi connectivity index (χ2v) is 2.41. The lowest BCUT2D eigenvalue weighted by Crippen LogP contribution is -2.32. The molecule has 0 aromatic carbocycles. The first-order chi connectivity index (χ1) is 4.22. The summed E-state index contributed by atoms with van der Waals surface area (Å²) in [7, 11) is 0. The van der Waals surface area contributed by atoms with Crippen molar-refractivity contribution in [2.45, 2.75) is 37.8 Å². The van der Waals surface area contributed by atoms with Crippen LogP contribution in [-0.4, -0.2) is 18.5 Å². The Kier molecular flexibility index (Phi) is 1.98. The van der Waals surface area contributed by atoms with Crippen molar-refractivity contribution in [2.75, 3.05) is 0 Å². The van der Waals surface area contributed by atoms with E-state index < -0.39 is 18.5 Å². The van der Waals surface area contributed by atoms with E-state index in [0.717, 1.165) is 0 Å². The van der Waals surface area contributed by atoms with Crippen molar-refractivity contribution in [1.29, 1.82) is 0 Å². The topological polar surface area (TPSA) is 0 Å².